The highest BCUT2D eigenvalue weighted by Crippen LogP contribution is 2.34. The number of carbonyl (C=O) groups is 1. The molecule has 2 aromatic rings. The number of carbonyl (C=O) groups excluding carboxylic acids is 1. The minimum atomic E-state index is 0.0141. The molecule has 102 valence electrons. The van der Waals surface area contributed by atoms with Crippen molar-refractivity contribution in [3.63, 3.8) is 0 Å². The molecular formula is C16H20ClNO. The Morgan fingerprint density at radius 2 is 1.95 bits per heavy atom. The Labute approximate surface area is 119 Å². The van der Waals surface area contributed by atoms with Gasteiger partial charge in [-0.2, -0.15) is 0 Å². The molecule has 0 N–H and O–H groups in total. The van der Waals surface area contributed by atoms with Crippen molar-refractivity contribution < 1.29 is 4.79 Å². The Morgan fingerprint density at radius 1 is 1.32 bits per heavy atom. The monoisotopic (exact) mass is 277 g/mol. The number of hydrogen-bond donors (Lipinski definition) is 0. The zero-order valence-corrected chi connectivity index (χ0v) is 12.9. The Morgan fingerprint density at radius 3 is 2.47 bits per heavy atom. The minimum Gasteiger partial charge on any atom is -0.349 e. The van der Waals surface area contributed by atoms with Crippen LogP contribution in [0.4, 0.5) is 0 Å². The van der Waals surface area contributed by atoms with Gasteiger partial charge in [0.2, 0.25) is 0 Å². The van der Waals surface area contributed by atoms with Gasteiger partial charge in [0.15, 0.2) is 5.78 Å². The van der Waals surface area contributed by atoms with Crippen molar-refractivity contribution in [3.8, 4) is 0 Å². The lowest BCUT2D eigenvalue weighted by atomic mass is 9.86. The number of aryl methyl sites for hydroxylation is 1. The molecule has 0 aliphatic rings. The van der Waals surface area contributed by atoms with E-state index in [4.69, 9.17) is 11.6 Å². The molecule has 2 nitrogen and oxygen atoms in total. The third-order valence-electron chi connectivity index (χ3n) is 3.52. The van der Waals surface area contributed by atoms with Gasteiger partial charge in [-0.3, -0.25) is 4.79 Å². The van der Waals surface area contributed by atoms with Gasteiger partial charge in [0.05, 0.1) is 10.5 Å². The lowest BCUT2D eigenvalue weighted by Crippen LogP contribution is -2.11. The van der Waals surface area contributed by atoms with Crippen LogP contribution in [0.15, 0.2) is 18.3 Å². The minimum absolute atomic E-state index is 0.0141. The first-order valence-electron chi connectivity index (χ1n) is 6.58. The van der Waals surface area contributed by atoms with E-state index < -0.39 is 0 Å². The van der Waals surface area contributed by atoms with Crippen molar-refractivity contribution in [3.05, 3.63) is 34.5 Å². The fourth-order valence-corrected chi connectivity index (χ4v) is 2.69. The lowest BCUT2D eigenvalue weighted by molar-refractivity contribution is 0.0989. The summed E-state index contributed by atoms with van der Waals surface area (Å²) in [6, 6.07) is 4.11. The van der Waals surface area contributed by atoms with Crippen molar-refractivity contribution in [1.82, 2.24) is 4.57 Å². The van der Waals surface area contributed by atoms with Crippen LogP contribution in [0.2, 0.25) is 5.02 Å². The summed E-state index contributed by atoms with van der Waals surface area (Å²) in [5, 5.41) is 1.67. The molecule has 2 rings (SSSR count). The Hall–Kier alpha value is -1.28. The van der Waals surface area contributed by atoms with E-state index in [9.17, 15) is 4.79 Å². The highest BCUT2D eigenvalue weighted by molar-refractivity contribution is 6.35. The maximum atomic E-state index is 12.1. The van der Waals surface area contributed by atoms with E-state index in [1.807, 2.05) is 30.8 Å². The van der Waals surface area contributed by atoms with Crippen LogP contribution in [-0.2, 0) is 12.5 Å². The van der Waals surface area contributed by atoms with E-state index in [1.165, 1.54) is 0 Å². The van der Waals surface area contributed by atoms with Crippen LogP contribution in [0.1, 0.15) is 50.0 Å². The molecule has 3 heteroatoms. The van der Waals surface area contributed by atoms with E-state index in [1.54, 1.807) is 0 Å². The van der Waals surface area contributed by atoms with Crippen LogP contribution >= 0.6 is 11.6 Å². The summed E-state index contributed by atoms with van der Waals surface area (Å²) in [5.41, 5.74) is 2.88. The van der Waals surface area contributed by atoms with Crippen molar-refractivity contribution in [2.24, 2.45) is 7.05 Å². The third-order valence-corrected chi connectivity index (χ3v) is 3.80. The number of ketones is 1. The zero-order valence-electron chi connectivity index (χ0n) is 12.2. The molecule has 0 radical (unpaired) electrons. The Balaban J connectivity index is 2.81. The summed E-state index contributed by atoms with van der Waals surface area (Å²) in [5.74, 6) is 0.160. The molecule has 19 heavy (non-hydrogen) atoms. The zero-order chi connectivity index (χ0) is 14.4. The Bertz CT molecular complexity index is 647. The second kappa shape index (κ2) is 4.68. The van der Waals surface area contributed by atoms with Crippen LogP contribution in [0, 0.1) is 0 Å². The predicted molar refractivity (Wildman–Crippen MR) is 81.3 cm³/mol. The van der Waals surface area contributed by atoms with E-state index in [-0.39, 0.29) is 11.2 Å². The molecule has 0 saturated carbocycles. The van der Waals surface area contributed by atoms with Gasteiger partial charge in [-0.05, 0) is 23.1 Å². The quantitative estimate of drug-likeness (QED) is 0.728. The predicted octanol–water partition coefficient (Wildman–Crippen LogP) is 4.72. The van der Waals surface area contributed by atoms with Gasteiger partial charge in [0.1, 0.15) is 0 Å². The molecule has 0 aliphatic heterocycles. The van der Waals surface area contributed by atoms with Crippen LogP contribution in [-0.4, -0.2) is 10.4 Å². The summed E-state index contributed by atoms with van der Waals surface area (Å²) in [7, 11) is 1.93. The molecule has 0 unspecified atom stereocenters. The number of rotatable bonds is 2. The van der Waals surface area contributed by atoms with Gasteiger partial charge in [-0.15, -0.1) is 0 Å². The first kappa shape index (κ1) is 14.1. The molecule has 1 aromatic carbocycles. The molecule has 0 bridgehead atoms. The second-order valence-corrected chi connectivity index (χ2v) is 6.44. The summed E-state index contributed by atoms with van der Waals surface area (Å²) >= 11 is 6.40. The largest absolute Gasteiger partial charge is 0.349 e. The van der Waals surface area contributed by atoms with Crippen molar-refractivity contribution >= 4 is 28.3 Å². The molecule has 0 fully saturated rings. The molecule has 0 amide bonds. The van der Waals surface area contributed by atoms with Gasteiger partial charge < -0.3 is 4.57 Å². The topological polar surface area (TPSA) is 22.0 Å². The first-order chi connectivity index (χ1) is 8.75. The number of nitrogens with zero attached hydrogens (tertiary/aromatic N) is 1. The van der Waals surface area contributed by atoms with Crippen molar-refractivity contribution in [1.29, 1.82) is 0 Å². The molecule has 0 spiro atoms. The standard InChI is InChI=1S/C16H20ClNO/c1-6-14(19)12-9-18(5)15-11(12)7-10(8-13(15)17)16(2,3)4/h7-9H,6H2,1-5H3. The summed E-state index contributed by atoms with van der Waals surface area (Å²) in [6.07, 6.45) is 2.39. The number of benzene rings is 1. The number of fused-ring (bicyclic) bond motifs is 1. The molecular weight excluding hydrogens is 258 g/mol. The van der Waals surface area contributed by atoms with Gasteiger partial charge in [-0.25, -0.2) is 0 Å². The second-order valence-electron chi connectivity index (χ2n) is 6.03. The fourth-order valence-electron chi connectivity index (χ4n) is 2.34. The summed E-state index contributed by atoms with van der Waals surface area (Å²) in [6.45, 7) is 8.33. The van der Waals surface area contributed by atoms with Gasteiger partial charge in [-0.1, -0.05) is 39.3 Å². The maximum absolute atomic E-state index is 12.1. The van der Waals surface area contributed by atoms with E-state index in [2.05, 4.69) is 26.8 Å². The Kier molecular flexibility index (Phi) is 3.48. The average Bonchev–Trinajstić information content (AvgIpc) is 2.65. The third kappa shape index (κ3) is 2.42. The van der Waals surface area contributed by atoms with Gasteiger partial charge in [0, 0.05) is 30.6 Å². The summed E-state index contributed by atoms with van der Waals surface area (Å²) < 4.78 is 1.94. The molecule has 0 saturated heterocycles. The number of aromatic nitrogens is 1. The molecule has 1 heterocycles. The van der Waals surface area contributed by atoms with E-state index in [0.717, 1.165) is 22.0 Å². The van der Waals surface area contributed by atoms with Crippen molar-refractivity contribution in [2.75, 3.05) is 0 Å². The summed E-state index contributed by atoms with van der Waals surface area (Å²) in [4.78, 5) is 12.1. The van der Waals surface area contributed by atoms with E-state index in [0.29, 0.717) is 11.4 Å². The molecule has 0 atom stereocenters. The lowest BCUT2D eigenvalue weighted by Gasteiger charge is -2.20. The van der Waals surface area contributed by atoms with Crippen molar-refractivity contribution in [2.45, 2.75) is 39.5 Å². The number of Topliss-reactive ketones (excluding diaryl/α,β-unsaturated/α-hetero) is 1. The molecule has 1 aromatic heterocycles. The van der Waals surface area contributed by atoms with Crippen LogP contribution < -0.4 is 0 Å². The number of halogens is 1. The van der Waals surface area contributed by atoms with Crippen LogP contribution in [0.25, 0.3) is 10.9 Å². The highest BCUT2D eigenvalue weighted by Gasteiger charge is 2.20. The smallest absolute Gasteiger partial charge is 0.164 e. The van der Waals surface area contributed by atoms with Gasteiger partial charge in [0.25, 0.3) is 0 Å². The van der Waals surface area contributed by atoms with Crippen LogP contribution in [0.3, 0.4) is 0 Å². The SMILES string of the molecule is CCC(=O)c1cn(C)c2c(Cl)cc(C(C)(C)C)cc12. The van der Waals surface area contributed by atoms with Gasteiger partial charge >= 0.3 is 0 Å². The van der Waals surface area contributed by atoms with E-state index >= 15 is 0 Å². The average molecular weight is 278 g/mol. The highest BCUT2D eigenvalue weighted by atomic mass is 35.5. The van der Waals surface area contributed by atoms with Crippen LogP contribution in [0.5, 0.6) is 0 Å². The normalized spacial score (nSPS) is 12.1. The fraction of sp³-hybridized carbons (Fsp3) is 0.438. The molecule has 0 aliphatic carbocycles. The number of hydrogen-bond acceptors (Lipinski definition) is 1. The maximum Gasteiger partial charge on any atom is 0.164 e. The first-order valence-corrected chi connectivity index (χ1v) is 6.95.